The van der Waals surface area contributed by atoms with Crippen LogP contribution in [0.2, 0.25) is 0 Å². The molecular weight excluding hydrogens is 306 g/mol. The maximum atomic E-state index is 13.0. The molecule has 0 radical (unpaired) electrons. The number of hydrogen-bond acceptors (Lipinski definition) is 3. The molecule has 2 aromatic carbocycles. The summed E-state index contributed by atoms with van der Waals surface area (Å²) in [5.41, 5.74) is 1.27. The second-order valence-electron chi connectivity index (χ2n) is 5.98. The highest BCUT2D eigenvalue weighted by Gasteiger charge is 2.42. The van der Waals surface area contributed by atoms with Gasteiger partial charge >= 0.3 is 5.97 Å². The average Bonchev–Trinajstić information content (AvgIpc) is 2.62. The smallest absolute Gasteiger partial charge is 0.326 e. The molecule has 2 N–H and O–H groups in total. The van der Waals surface area contributed by atoms with Crippen molar-refractivity contribution < 1.29 is 19.8 Å². The third-order valence-electron chi connectivity index (χ3n) is 4.39. The molecule has 3 rings (SSSR count). The summed E-state index contributed by atoms with van der Waals surface area (Å²) in [6.45, 7) is 0. The number of carboxylic acids is 1. The number of aliphatic hydroxyl groups excluding tert-OH is 1. The van der Waals surface area contributed by atoms with Gasteiger partial charge in [-0.1, -0.05) is 48.5 Å². The molecule has 24 heavy (non-hydrogen) atoms. The lowest BCUT2D eigenvalue weighted by atomic mass is 9.88. The van der Waals surface area contributed by atoms with Gasteiger partial charge in [-0.15, -0.1) is 0 Å². The van der Waals surface area contributed by atoms with E-state index in [1.807, 2.05) is 30.3 Å². The zero-order valence-electron chi connectivity index (χ0n) is 13.1. The summed E-state index contributed by atoms with van der Waals surface area (Å²) in [7, 11) is 0. The number of benzene rings is 2. The highest BCUT2D eigenvalue weighted by Crippen LogP contribution is 2.36. The molecule has 3 atom stereocenters. The molecule has 5 nitrogen and oxygen atoms in total. The molecule has 0 spiro atoms. The van der Waals surface area contributed by atoms with E-state index in [0.29, 0.717) is 12.0 Å². The van der Waals surface area contributed by atoms with Gasteiger partial charge in [-0.25, -0.2) is 4.79 Å². The lowest BCUT2D eigenvalue weighted by Gasteiger charge is -2.42. The number of nitrogens with zero attached hydrogens (tertiary/aromatic N) is 1. The normalized spacial score (nSPS) is 23.7. The molecule has 0 saturated carbocycles. The lowest BCUT2D eigenvalue weighted by molar-refractivity contribution is -0.147. The maximum absolute atomic E-state index is 13.0. The summed E-state index contributed by atoms with van der Waals surface area (Å²) < 4.78 is 0. The molecule has 124 valence electrons. The number of amides is 1. The van der Waals surface area contributed by atoms with Gasteiger partial charge in [0, 0.05) is 12.0 Å². The van der Waals surface area contributed by atoms with Crippen LogP contribution in [0.4, 0.5) is 0 Å². The van der Waals surface area contributed by atoms with Gasteiger partial charge in [-0.2, -0.15) is 0 Å². The summed E-state index contributed by atoms with van der Waals surface area (Å²) >= 11 is 0. The van der Waals surface area contributed by atoms with Crippen molar-refractivity contribution in [2.45, 2.75) is 31.0 Å². The van der Waals surface area contributed by atoms with Crippen LogP contribution in [0, 0.1) is 0 Å². The maximum Gasteiger partial charge on any atom is 0.326 e. The Kier molecular flexibility index (Phi) is 4.62. The summed E-state index contributed by atoms with van der Waals surface area (Å²) in [5.74, 6) is -1.43. The zero-order valence-corrected chi connectivity index (χ0v) is 13.1. The first kappa shape index (κ1) is 16.2. The Hall–Kier alpha value is -2.66. The molecule has 1 heterocycles. The number of carboxylic acid groups (broad SMARTS) is 1. The van der Waals surface area contributed by atoms with Crippen molar-refractivity contribution in [1.82, 2.24) is 4.90 Å². The number of carbonyl (C=O) groups is 2. The van der Waals surface area contributed by atoms with E-state index in [1.54, 1.807) is 30.3 Å². The largest absolute Gasteiger partial charge is 0.480 e. The van der Waals surface area contributed by atoms with E-state index in [4.69, 9.17) is 0 Å². The highest BCUT2D eigenvalue weighted by molar-refractivity contribution is 5.97. The van der Waals surface area contributed by atoms with Crippen molar-refractivity contribution >= 4 is 11.9 Å². The van der Waals surface area contributed by atoms with Gasteiger partial charge in [0.2, 0.25) is 0 Å². The quantitative estimate of drug-likeness (QED) is 0.909. The molecule has 1 aliphatic rings. The predicted octanol–water partition coefficient (Wildman–Crippen LogP) is 2.48. The van der Waals surface area contributed by atoms with Gasteiger partial charge in [0.05, 0.1) is 12.1 Å². The first-order valence-electron chi connectivity index (χ1n) is 7.91. The SMILES string of the molecule is O=C(O)[C@@H]1C[C@H](O)C[C@H](c2ccccc2)N1C(=O)c1ccccc1. The van der Waals surface area contributed by atoms with Crippen molar-refractivity contribution in [3.63, 3.8) is 0 Å². The Labute approximate surface area is 140 Å². The van der Waals surface area contributed by atoms with E-state index in [1.165, 1.54) is 4.90 Å². The van der Waals surface area contributed by atoms with Crippen LogP contribution in [0.15, 0.2) is 60.7 Å². The first-order chi connectivity index (χ1) is 11.6. The molecule has 0 unspecified atom stereocenters. The minimum Gasteiger partial charge on any atom is -0.480 e. The molecule has 0 aliphatic carbocycles. The number of carbonyl (C=O) groups excluding carboxylic acids is 1. The van der Waals surface area contributed by atoms with Crippen LogP contribution >= 0.6 is 0 Å². The van der Waals surface area contributed by atoms with Gasteiger partial charge < -0.3 is 15.1 Å². The van der Waals surface area contributed by atoms with Crippen molar-refractivity contribution in [1.29, 1.82) is 0 Å². The lowest BCUT2D eigenvalue weighted by Crippen LogP contribution is -2.52. The molecule has 0 aromatic heterocycles. The third-order valence-corrected chi connectivity index (χ3v) is 4.39. The monoisotopic (exact) mass is 325 g/mol. The van der Waals surface area contributed by atoms with Gasteiger partial charge in [0.25, 0.3) is 5.91 Å². The fraction of sp³-hybridized carbons (Fsp3) is 0.263. The van der Waals surface area contributed by atoms with Crippen LogP contribution in [-0.4, -0.2) is 39.1 Å². The van der Waals surface area contributed by atoms with Gasteiger partial charge in [-0.3, -0.25) is 4.79 Å². The van der Waals surface area contributed by atoms with Crippen molar-refractivity contribution in [3.05, 3.63) is 71.8 Å². The topological polar surface area (TPSA) is 77.8 Å². The third kappa shape index (κ3) is 3.16. The molecule has 5 heteroatoms. The molecule has 0 bridgehead atoms. The number of aliphatic hydroxyl groups is 1. The molecular formula is C19H19NO4. The van der Waals surface area contributed by atoms with E-state index in [2.05, 4.69) is 0 Å². The fourth-order valence-electron chi connectivity index (χ4n) is 3.26. The number of likely N-dealkylation sites (tertiary alicyclic amines) is 1. The Morgan fingerprint density at radius 3 is 2.08 bits per heavy atom. The molecule has 1 aliphatic heterocycles. The van der Waals surface area contributed by atoms with Crippen LogP contribution in [0.1, 0.15) is 34.8 Å². The summed E-state index contributed by atoms with van der Waals surface area (Å²) in [4.78, 5) is 26.1. The minimum atomic E-state index is -1.10. The Morgan fingerprint density at radius 1 is 0.917 bits per heavy atom. The van der Waals surface area contributed by atoms with E-state index < -0.39 is 24.2 Å². The second kappa shape index (κ2) is 6.84. The van der Waals surface area contributed by atoms with E-state index in [0.717, 1.165) is 5.56 Å². The summed E-state index contributed by atoms with van der Waals surface area (Å²) in [5, 5.41) is 19.7. The van der Waals surface area contributed by atoms with Crippen molar-refractivity contribution in [3.8, 4) is 0 Å². The standard InChI is InChI=1S/C19H19NO4/c21-15-11-16(13-7-3-1-4-8-13)20(17(12-15)19(23)24)18(22)14-9-5-2-6-10-14/h1-10,15-17,21H,11-12H2,(H,23,24)/t15-,16-,17+/m1/s1. The number of rotatable bonds is 3. The molecule has 1 saturated heterocycles. The molecule has 1 fully saturated rings. The Bertz CT molecular complexity index is 717. The highest BCUT2D eigenvalue weighted by atomic mass is 16.4. The van der Waals surface area contributed by atoms with Crippen molar-refractivity contribution in [2.24, 2.45) is 0 Å². The van der Waals surface area contributed by atoms with Crippen LogP contribution in [0.3, 0.4) is 0 Å². The first-order valence-corrected chi connectivity index (χ1v) is 7.91. The van der Waals surface area contributed by atoms with Gasteiger partial charge in [-0.05, 0) is 24.1 Å². The summed E-state index contributed by atoms with van der Waals surface area (Å²) in [6, 6.07) is 16.4. The van der Waals surface area contributed by atoms with Crippen LogP contribution in [0.5, 0.6) is 0 Å². The van der Waals surface area contributed by atoms with Crippen molar-refractivity contribution in [2.75, 3.05) is 0 Å². The Balaban J connectivity index is 2.03. The minimum absolute atomic E-state index is 0.0389. The van der Waals surface area contributed by atoms with Gasteiger partial charge in [0.1, 0.15) is 6.04 Å². The molecule has 2 aromatic rings. The van der Waals surface area contributed by atoms with E-state index in [-0.39, 0.29) is 12.3 Å². The van der Waals surface area contributed by atoms with Crippen LogP contribution < -0.4 is 0 Å². The van der Waals surface area contributed by atoms with E-state index in [9.17, 15) is 19.8 Å². The number of aliphatic carboxylic acids is 1. The van der Waals surface area contributed by atoms with E-state index >= 15 is 0 Å². The summed E-state index contributed by atoms with van der Waals surface area (Å²) in [6.07, 6.45) is -0.389. The van der Waals surface area contributed by atoms with Crippen LogP contribution in [0.25, 0.3) is 0 Å². The number of piperidine rings is 1. The van der Waals surface area contributed by atoms with Gasteiger partial charge in [0.15, 0.2) is 0 Å². The van der Waals surface area contributed by atoms with Crippen LogP contribution in [-0.2, 0) is 4.79 Å². The fourth-order valence-corrected chi connectivity index (χ4v) is 3.26. The average molecular weight is 325 g/mol. The zero-order chi connectivity index (χ0) is 17.1. The Morgan fingerprint density at radius 2 is 1.50 bits per heavy atom. The predicted molar refractivity (Wildman–Crippen MR) is 88.5 cm³/mol. The second-order valence-corrected chi connectivity index (χ2v) is 5.98. The molecule has 1 amide bonds. The number of hydrogen-bond donors (Lipinski definition) is 2.